The van der Waals surface area contributed by atoms with E-state index >= 15 is 0 Å². The van der Waals surface area contributed by atoms with Gasteiger partial charge in [0.15, 0.2) is 0 Å². The van der Waals surface area contributed by atoms with Crippen LogP contribution in [-0.2, 0) is 0 Å². The molecule has 0 aromatic rings. The van der Waals surface area contributed by atoms with Gasteiger partial charge in [0.25, 0.3) is 0 Å². The maximum atomic E-state index is 5.57. The third-order valence-corrected chi connectivity index (χ3v) is 5.27. The zero-order valence-corrected chi connectivity index (χ0v) is 12.2. The van der Waals surface area contributed by atoms with Gasteiger partial charge in [-0.3, -0.25) is 0 Å². The SMILES string of the molecule is C#CC(I)[N+](C)(C(C)CC)C(C)CC. The Morgan fingerprint density at radius 2 is 1.57 bits per heavy atom. The number of nitrogens with zero attached hydrogens (tertiary/aromatic N) is 1. The Kier molecular flexibility index (Phi) is 6.08. The van der Waals surface area contributed by atoms with Crippen LogP contribution in [0.2, 0.25) is 0 Å². The molecule has 14 heavy (non-hydrogen) atoms. The maximum Gasteiger partial charge on any atom is 0.200 e. The number of hydrogen-bond acceptors (Lipinski definition) is 0. The topological polar surface area (TPSA) is 0 Å². The fourth-order valence-corrected chi connectivity index (χ4v) is 2.93. The molecule has 0 aliphatic rings. The summed E-state index contributed by atoms with van der Waals surface area (Å²) in [5.41, 5.74) is 0. The lowest BCUT2D eigenvalue weighted by Crippen LogP contribution is -2.59. The summed E-state index contributed by atoms with van der Waals surface area (Å²) in [6.45, 7) is 9.08. The van der Waals surface area contributed by atoms with Gasteiger partial charge in [0.05, 0.1) is 19.1 Å². The molecule has 0 rings (SSSR count). The highest BCUT2D eigenvalue weighted by atomic mass is 127. The van der Waals surface area contributed by atoms with E-state index in [4.69, 9.17) is 6.42 Å². The van der Waals surface area contributed by atoms with E-state index in [0.29, 0.717) is 12.1 Å². The molecular weight excluding hydrogens is 285 g/mol. The molecule has 0 aromatic heterocycles. The second-order valence-electron chi connectivity index (χ2n) is 4.24. The molecule has 0 amide bonds. The molecule has 0 aliphatic heterocycles. The third-order valence-electron chi connectivity index (χ3n) is 3.71. The van der Waals surface area contributed by atoms with Gasteiger partial charge in [0, 0.05) is 22.6 Å². The van der Waals surface area contributed by atoms with Crippen molar-refractivity contribution in [2.75, 3.05) is 7.05 Å². The monoisotopic (exact) mass is 308 g/mol. The summed E-state index contributed by atoms with van der Waals surface area (Å²) in [6.07, 6.45) is 7.94. The zero-order valence-electron chi connectivity index (χ0n) is 10.0. The predicted octanol–water partition coefficient (Wildman–Crippen LogP) is 3.42. The first kappa shape index (κ1) is 14.2. The lowest BCUT2D eigenvalue weighted by atomic mass is 10.1. The third kappa shape index (κ3) is 2.64. The van der Waals surface area contributed by atoms with Gasteiger partial charge in [0.2, 0.25) is 4.05 Å². The number of alkyl halides is 1. The van der Waals surface area contributed by atoms with Gasteiger partial charge in [0.1, 0.15) is 0 Å². The Bertz CT molecular complexity index is 197. The minimum Gasteiger partial charge on any atom is -0.301 e. The van der Waals surface area contributed by atoms with Gasteiger partial charge in [-0.1, -0.05) is 13.8 Å². The van der Waals surface area contributed by atoms with Crippen LogP contribution < -0.4 is 0 Å². The van der Waals surface area contributed by atoms with E-state index in [9.17, 15) is 0 Å². The van der Waals surface area contributed by atoms with Crippen LogP contribution in [0, 0.1) is 12.3 Å². The summed E-state index contributed by atoms with van der Waals surface area (Å²) in [5, 5.41) is 0. The number of rotatable bonds is 5. The van der Waals surface area contributed by atoms with Crippen molar-refractivity contribution in [3.8, 4) is 12.3 Å². The van der Waals surface area contributed by atoms with Crippen LogP contribution in [0.15, 0.2) is 0 Å². The van der Waals surface area contributed by atoms with Crippen molar-refractivity contribution in [3.63, 3.8) is 0 Å². The summed E-state index contributed by atoms with van der Waals surface area (Å²) in [6, 6.07) is 1.26. The van der Waals surface area contributed by atoms with E-state index in [1.165, 1.54) is 12.8 Å². The minimum atomic E-state index is 0.275. The van der Waals surface area contributed by atoms with Crippen molar-refractivity contribution < 1.29 is 4.48 Å². The van der Waals surface area contributed by atoms with Crippen LogP contribution in [0.25, 0.3) is 0 Å². The van der Waals surface area contributed by atoms with Crippen molar-refractivity contribution in [1.29, 1.82) is 0 Å². The highest BCUT2D eigenvalue weighted by Crippen LogP contribution is 2.28. The Labute approximate surface area is 103 Å². The molecule has 0 aromatic carbocycles. The number of hydrogen-bond donors (Lipinski definition) is 0. The van der Waals surface area contributed by atoms with Crippen LogP contribution in [0.3, 0.4) is 0 Å². The van der Waals surface area contributed by atoms with E-state index < -0.39 is 0 Å². The van der Waals surface area contributed by atoms with Crippen LogP contribution in [0.1, 0.15) is 40.5 Å². The summed E-state index contributed by atoms with van der Waals surface area (Å²) in [5.74, 6) is 2.89. The van der Waals surface area contributed by atoms with Crippen LogP contribution >= 0.6 is 22.6 Å². The lowest BCUT2D eigenvalue weighted by molar-refractivity contribution is -0.952. The molecule has 0 aliphatic carbocycles. The molecule has 0 fully saturated rings. The number of terminal acetylenes is 1. The van der Waals surface area contributed by atoms with E-state index in [0.717, 1.165) is 4.48 Å². The highest BCUT2D eigenvalue weighted by Gasteiger charge is 2.38. The van der Waals surface area contributed by atoms with Crippen molar-refractivity contribution in [1.82, 2.24) is 0 Å². The molecule has 0 spiro atoms. The minimum absolute atomic E-state index is 0.275. The van der Waals surface area contributed by atoms with Gasteiger partial charge in [-0.05, 0) is 32.6 Å². The fourth-order valence-electron chi connectivity index (χ4n) is 1.83. The lowest BCUT2D eigenvalue weighted by Gasteiger charge is -2.46. The maximum absolute atomic E-state index is 5.57. The molecule has 0 bridgehead atoms. The second-order valence-corrected chi connectivity index (χ2v) is 5.42. The molecule has 0 saturated carbocycles. The van der Waals surface area contributed by atoms with E-state index in [-0.39, 0.29) is 4.05 Å². The summed E-state index contributed by atoms with van der Waals surface area (Å²) >= 11 is 2.40. The molecule has 2 heteroatoms. The average molecular weight is 308 g/mol. The quantitative estimate of drug-likeness (QED) is 0.240. The van der Waals surface area contributed by atoms with Gasteiger partial charge >= 0.3 is 0 Å². The Morgan fingerprint density at radius 3 is 1.79 bits per heavy atom. The van der Waals surface area contributed by atoms with E-state index in [1.54, 1.807) is 0 Å². The number of halogens is 1. The van der Waals surface area contributed by atoms with Gasteiger partial charge in [-0.25, -0.2) is 0 Å². The van der Waals surface area contributed by atoms with E-state index in [1.807, 2.05) is 0 Å². The van der Waals surface area contributed by atoms with Crippen LogP contribution in [-0.4, -0.2) is 27.7 Å². The van der Waals surface area contributed by atoms with Crippen LogP contribution in [0.4, 0.5) is 0 Å². The standard InChI is InChI=1S/C12H23IN/c1-7-10(4)14(6,11(5)8-2)12(13)9-3/h3,10-12H,7-8H2,1-2,4-6H3/q+1. The van der Waals surface area contributed by atoms with E-state index in [2.05, 4.69) is 63.3 Å². The van der Waals surface area contributed by atoms with Crippen molar-refractivity contribution in [3.05, 3.63) is 0 Å². The molecule has 0 radical (unpaired) electrons. The molecule has 3 unspecified atom stereocenters. The van der Waals surface area contributed by atoms with Crippen molar-refractivity contribution >= 4 is 22.6 Å². The zero-order chi connectivity index (χ0) is 11.4. The summed E-state index contributed by atoms with van der Waals surface area (Å²) in [4.78, 5) is 0. The normalized spacial score (nSPS) is 21.8. The largest absolute Gasteiger partial charge is 0.301 e. The van der Waals surface area contributed by atoms with Gasteiger partial charge < -0.3 is 4.48 Å². The highest BCUT2D eigenvalue weighted by molar-refractivity contribution is 14.1. The molecule has 0 heterocycles. The number of quaternary nitrogens is 1. The predicted molar refractivity (Wildman–Crippen MR) is 72.3 cm³/mol. The van der Waals surface area contributed by atoms with Gasteiger partial charge in [-0.15, -0.1) is 6.42 Å². The summed E-state index contributed by atoms with van der Waals surface area (Å²) in [7, 11) is 2.29. The molecule has 3 atom stereocenters. The summed E-state index contributed by atoms with van der Waals surface area (Å²) < 4.78 is 1.27. The second kappa shape index (κ2) is 5.97. The molecule has 82 valence electrons. The molecule has 0 saturated heterocycles. The smallest absolute Gasteiger partial charge is 0.200 e. The van der Waals surface area contributed by atoms with Crippen molar-refractivity contribution in [2.45, 2.75) is 56.7 Å². The Hall–Kier alpha value is 0.250. The van der Waals surface area contributed by atoms with Gasteiger partial charge in [-0.2, -0.15) is 0 Å². The Balaban J connectivity index is 4.95. The first-order valence-corrected chi connectivity index (χ1v) is 6.65. The van der Waals surface area contributed by atoms with Crippen LogP contribution in [0.5, 0.6) is 0 Å². The molecule has 0 N–H and O–H groups in total. The molecular formula is C12H23IN+. The first-order chi connectivity index (χ1) is 6.44. The first-order valence-electron chi connectivity index (χ1n) is 5.40. The Morgan fingerprint density at radius 1 is 1.21 bits per heavy atom. The van der Waals surface area contributed by atoms with Crippen molar-refractivity contribution in [2.24, 2.45) is 0 Å². The average Bonchev–Trinajstić information content (AvgIpc) is 2.24. The fraction of sp³-hybridized carbons (Fsp3) is 0.833. The molecule has 1 nitrogen and oxygen atoms in total.